The van der Waals surface area contributed by atoms with Crippen LogP contribution >= 0.6 is 0 Å². The molecule has 1 aromatic carbocycles. The molecule has 0 aliphatic heterocycles. The largest absolute Gasteiger partial charge is 0.378 e. The molecule has 1 unspecified atom stereocenters. The Morgan fingerprint density at radius 1 is 1.00 bits per heavy atom. The highest BCUT2D eigenvalue weighted by Gasteiger charge is 2.18. The van der Waals surface area contributed by atoms with Gasteiger partial charge in [0.1, 0.15) is 0 Å². The molecule has 2 heteroatoms. The zero-order valence-corrected chi connectivity index (χ0v) is 13.2. The summed E-state index contributed by atoms with van der Waals surface area (Å²) in [6.07, 6.45) is 12.2. The van der Waals surface area contributed by atoms with Crippen LogP contribution in [-0.2, 0) is 11.2 Å². The van der Waals surface area contributed by atoms with Crippen molar-refractivity contribution >= 4 is 0 Å². The van der Waals surface area contributed by atoms with Crippen LogP contribution in [0.25, 0.3) is 0 Å². The van der Waals surface area contributed by atoms with Crippen molar-refractivity contribution in [1.82, 2.24) is 5.32 Å². The summed E-state index contributed by atoms with van der Waals surface area (Å²) in [6, 6.07) is 9.48. The Labute approximate surface area is 129 Å². The molecule has 2 aliphatic rings. The van der Waals surface area contributed by atoms with Crippen molar-refractivity contribution in [3.63, 3.8) is 0 Å². The summed E-state index contributed by atoms with van der Waals surface area (Å²) in [6.45, 7) is 2.00. The second-order valence-corrected chi connectivity index (χ2v) is 6.58. The lowest BCUT2D eigenvalue weighted by atomic mass is 9.88. The van der Waals surface area contributed by atoms with Crippen LogP contribution in [0, 0.1) is 0 Å². The van der Waals surface area contributed by atoms with Gasteiger partial charge in [0.25, 0.3) is 0 Å². The van der Waals surface area contributed by atoms with E-state index in [9.17, 15) is 0 Å². The van der Waals surface area contributed by atoms with Gasteiger partial charge in [-0.3, -0.25) is 0 Å². The zero-order chi connectivity index (χ0) is 14.3. The number of ether oxygens (including phenoxy) is 1. The maximum absolute atomic E-state index is 6.00. The van der Waals surface area contributed by atoms with Gasteiger partial charge in [-0.15, -0.1) is 0 Å². The van der Waals surface area contributed by atoms with Gasteiger partial charge in [0.15, 0.2) is 0 Å². The van der Waals surface area contributed by atoms with Crippen LogP contribution < -0.4 is 5.32 Å². The van der Waals surface area contributed by atoms with Crippen LogP contribution in [0.15, 0.2) is 24.3 Å². The van der Waals surface area contributed by atoms with Crippen LogP contribution in [-0.4, -0.2) is 19.3 Å². The molecule has 1 N–H and O–H groups in total. The molecular weight excluding hydrogens is 258 g/mol. The Morgan fingerprint density at radius 3 is 2.76 bits per heavy atom. The number of nitrogens with one attached hydrogen (secondary N) is 1. The van der Waals surface area contributed by atoms with Crippen molar-refractivity contribution in [2.75, 3.05) is 13.2 Å². The quantitative estimate of drug-likeness (QED) is 0.783. The summed E-state index contributed by atoms with van der Waals surface area (Å²) >= 11 is 0. The van der Waals surface area contributed by atoms with Crippen molar-refractivity contribution < 1.29 is 4.74 Å². The molecule has 21 heavy (non-hydrogen) atoms. The van der Waals surface area contributed by atoms with Crippen molar-refractivity contribution in [3.05, 3.63) is 35.4 Å². The number of hydrogen-bond acceptors (Lipinski definition) is 2. The van der Waals surface area contributed by atoms with E-state index in [0.717, 1.165) is 19.6 Å². The minimum Gasteiger partial charge on any atom is -0.378 e. The molecule has 2 nitrogen and oxygen atoms in total. The van der Waals surface area contributed by atoms with E-state index in [1.54, 1.807) is 5.56 Å². The van der Waals surface area contributed by atoms with Crippen molar-refractivity contribution in [2.45, 2.75) is 69.9 Å². The van der Waals surface area contributed by atoms with Crippen LogP contribution in [0.5, 0.6) is 0 Å². The zero-order valence-electron chi connectivity index (χ0n) is 13.2. The third kappa shape index (κ3) is 4.31. The van der Waals surface area contributed by atoms with Crippen LogP contribution in [0.3, 0.4) is 0 Å². The minimum atomic E-state index is 0.550. The van der Waals surface area contributed by atoms with Gasteiger partial charge in [-0.2, -0.15) is 0 Å². The monoisotopic (exact) mass is 287 g/mol. The molecule has 2 aliphatic carbocycles. The third-order valence-electron chi connectivity index (χ3n) is 4.99. The Bertz CT molecular complexity index is 425. The molecule has 1 fully saturated rings. The van der Waals surface area contributed by atoms with Gasteiger partial charge >= 0.3 is 0 Å². The summed E-state index contributed by atoms with van der Waals surface area (Å²) in [7, 11) is 0. The Morgan fingerprint density at radius 2 is 1.86 bits per heavy atom. The lowest BCUT2D eigenvalue weighted by Crippen LogP contribution is -2.27. The SMILES string of the molecule is c1ccc2c(c1)CCCC2NCCCOC1CCCCC1. The number of fused-ring (bicyclic) bond motifs is 1. The highest BCUT2D eigenvalue weighted by molar-refractivity contribution is 5.32. The molecule has 1 aromatic rings. The van der Waals surface area contributed by atoms with E-state index in [0.29, 0.717) is 12.1 Å². The minimum absolute atomic E-state index is 0.550. The highest BCUT2D eigenvalue weighted by atomic mass is 16.5. The molecule has 3 rings (SSSR count). The topological polar surface area (TPSA) is 21.3 Å². The molecule has 0 saturated heterocycles. The average Bonchev–Trinajstić information content (AvgIpc) is 2.56. The van der Waals surface area contributed by atoms with E-state index in [1.165, 1.54) is 56.9 Å². The van der Waals surface area contributed by atoms with Crippen molar-refractivity contribution in [3.8, 4) is 0 Å². The molecule has 116 valence electrons. The second-order valence-electron chi connectivity index (χ2n) is 6.58. The van der Waals surface area contributed by atoms with E-state index < -0.39 is 0 Å². The van der Waals surface area contributed by atoms with Gasteiger partial charge in [0.05, 0.1) is 6.10 Å². The van der Waals surface area contributed by atoms with Gasteiger partial charge < -0.3 is 10.1 Å². The number of benzene rings is 1. The number of rotatable bonds is 6. The van der Waals surface area contributed by atoms with Crippen LogP contribution in [0.4, 0.5) is 0 Å². The van der Waals surface area contributed by atoms with Gasteiger partial charge in [-0.05, 0) is 56.2 Å². The first-order valence-electron chi connectivity index (χ1n) is 8.86. The second kappa shape index (κ2) is 7.95. The Balaban J connectivity index is 1.36. The smallest absolute Gasteiger partial charge is 0.0575 e. The normalized spacial score (nSPS) is 23.0. The maximum atomic E-state index is 6.00. The van der Waals surface area contributed by atoms with Crippen molar-refractivity contribution in [1.29, 1.82) is 0 Å². The standard InChI is InChI=1S/C19H29NO/c1-2-10-17(11-3-1)21-15-7-14-20-19-13-6-9-16-8-4-5-12-18(16)19/h4-5,8,12,17,19-20H,1-3,6-7,9-11,13-15H2. The number of aryl methyl sites for hydroxylation is 1. The summed E-state index contributed by atoms with van der Waals surface area (Å²) < 4.78 is 6.00. The first-order valence-corrected chi connectivity index (χ1v) is 8.86. The predicted octanol–water partition coefficient (Wildman–Crippen LogP) is 4.39. The Hall–Kier alpha value is -0.860. The first-order chi connectivity index (χ1) is 10.4. The summed E-state index contributed by atoms with van der Waals surface area (Å²) in [5.41, 5.74) is 3.07. The van der Waals surface area contributed by atoms with E-state index in [1.807, 2.05) is 0 Å². The molecule has 0 radical (unpaired) electrons. The number of hydrogen-bond donors (Lipinski definition) is 1. The predicted molar refractivity (Wildman–Crippen MR) is 87.6 cm³/mol. The Kier molecular flexibility index (Phi) is 5.70. The van der Waals surface area contributed by atoms with E-state index in [-0.39, 0.29) is 0 Å². The summed E-state index contributed by atoms with van der Waals surface area (Å²) in [4.78, 5) is 0. The van der Waals surface area contributed by atoms with Gasteiger partial charge in [0, 0.05) is 12.6 Å². The van der Waals surface area contributed by atoms with Crippen molar-refractivity contribution in [2.24, 2.45) is 0 Å². The molecule has 0 amide bonds. The fourth-order valence-corrected chi connectivity index (χ4v) is 3.80. The van der Waals surface area contributed by atoms with Gasteiger partial charge in [-0.25, -0.2) is 0 Å². The first kappa shape index (κ1) is 15.1. The molecule has 1 saturated carbocycles. The molecule has 0 aromatic heterocycles. The van der Waals surface area contributed by atoms with E-state index >= 15 is 0 Å². The van der Waals surface area contributed by atoms with Gasteiger partial charge in [-0.1, -0.05) is 43.5 Å². The third-order valence-corrected chi connectivity index (χ3v) is 4.99. The summed E-state index contributed by atoms with van der Waals surface area (Å²) in [5.74, 6) is 0. The molecule has 0 heterocycles. The fraction of sp³-hybridized carbons (Fsp3) is 0.684. The van der Waals surface area contributed by atoms with E-state index in [4.69, 9.17) is 4.74 Å². The van der Waals surface area contributed by atoms with E-state index in [2.05, 4.69) is 29.6 Å². The maximum Gasteiger partial charge on any atom is 0.0575 e. The molecule has 0 spiro atoms. The average molecular weight is 287 g/mol. The molecule has 0 bridgehead atoms. The van der Waals surface area contributed by atoms with Crippen LogP contribution in [0.2, 0.25) is 0 Å². The lowest BCUT2D eigenvalue weighted by Gasteiger charge is -2.27. The molecule has 1 atom stereocenters. The molecular formula is C19H29NO. The highest BCUT2D eigenvalue weighted by Crippen LogP contribution is 2.29. The fourth-order valence-electron chi connectivity index (χ4n) is 3.80. The summed E-state index contributed by atoms with van der Waals surface area (Å²) in [5, 5.41) is 3.74. The van der Waals surface area contributed by atoms with Crippen LogP contribution in [0.1, 0.15) is 68.5 Å². The van der Waals surface area contributed by atoms with Gasteiger partial charge in [0.2, 0.25) is 0 Å². The lowest BCUT2D eigenvalue weighted by molar-refractivity contribution is 0.0270.